The van der Waals surface area contributed by atoms with E-state index in [1.807, 2.05) is 18.2 Å². The summed E-state index contributed by atoms with van der Waals surface area (Å²) in [5, 5.41) is 0.279. The maximum absolute atomic E-state index is 4.89. The molecule has 24 heavy (non-hydrogen) atoms. The zero-order valence-electron chi connectivity index (χ0n) is 16.4. The molecule has 0 aliphatic carbocycles. The zero-order valence-corrected chi connectivity index (χ0v) is 18.3. The maximum atomic E-state index is 4.89. The lowest BCUT2D eigenvalue weighted by atomic mass is 10.3. The van der Waals surface area contributed by atoms with Crippen molar-refractivity contribution in [3.63, 3.8) is 0 Å². The van der Waals surface area contributed by atoms with Crippen LogP contribution < -0.4 is 10.9 Å². The van der Waals surface area contributed by atoms with Gasteiger partial charge >= 0.3 is 0 Å². The first-order valence-corrected chi connectivity index (χ1v) is 11.5. The molecule has 0 saturated carbocycles. The fourth-order valence-electron chi connectivity index (χ4n) is 1.71. The van der Waals surface area contributed by atoms with Crippen LogP contribution in [-0.2, 0) is 0 Å². The van der Waals surface area contributed by atoms with E-state index in [4.69, 9.17) is 9.97 Å². The van der Waals surface area contributed by atoms with Gasteiger partial charge in [-0.2, -0.15) is 0 Å². The van der Waals surface area contributed by atoms with Crippen LogP contribution >= 0.6 is 16.5 Å². The van der Waals surface area contributed by atoms with Crippen molar-refractivity contribution >= 4 is 38.4 Å². The Morgan fingerprint density at radius 3 is 1.79 bits per heavy atom. The zero-order chi connectivity index (χ0) is 18.9. The Morgan fingerprint density at radius 1 is 1.00 bits per heavy atom. The standard InChI is InChI=1S/C14H20N2P2.C4H10.C2H2/c1-14(2,3)18(5)13-12(17-4)15-10-8-6-7-9-11(10)16-13;1-4(2)3;1-2/h6-9,17H,1-5H3;4H,1-3H3;1-2H/t18-;;/m1../s1. The Morgan fingerprint density at radius 2 is 1.42 bits per heavy atom. The van der Waals surface area contributed by atoms with Crippen LogP contribution in [0.25, 0.3) is 11.0 Å². The first kappa shape index (κ1) is 23.0. The summed E-state index contributed by atoms with van der Waals surface area (Å²) in [5.74, 6) is 0.833. The number of nitrogens with zero attached hydrogens (tertiary/aromatic N) is 2. The van der Waals surface area contributed by atoms with Crippen LogP contribution in [0.3, 0.4) is 0 Å². The molecule has 1 heterocycles. The number of benzene rings is 1. The lowest BCUT2D eigenvalue weighted by Gasteiger charge is -2.28. The van der Waals surface area contributed by atoms with Crippen LogP contribution in [0.15, 0.2) is 24.3 Å². The fraction of sp³-hybridized carbons (Fsp3) is 0.500. The number of fused-ring (bicyclic) bond motifs is 1. The van der Waals surface area contributed by atoms with E-state index in [1.165, 1.54) is 10.9 Å². The van der Waals surface area contributed by atoms with Crippen LogP contribution in [0.5, 0.6) is 0 Å². The van der Waals surface area contributed by atoms with Gasteiger partial charge in [-0.3, -0.25) is 0 Å². The molecule has 132 valence electrons. The van der Waals surface area contributed by atoms with Crippen LogP contribution in [0, 0.1) is 18.8 Å². The Balaban J connectivity index is 0.000000773. The lowest BCUT2D eigenvalue weighted by molar-refractivity contribution is 0.737. The molecule has 4 heteroatoms. The molecule has 2 rings (SSSR count). The summed E-state index contributed by atoms with van der Waals surface area (Å²) in [5.41, 5.74) is 4.46. The molecule has 0 saturated heterocycles. The summed E-state index contributed by atoms with van der Waals surface area (Å²) in [6, 6.07) is 8.16. The largest absolute Gasteiger partial charge is 0.244 e. The van der Waals surface area contributed by atoms with E-state index in [1.54, 1.807) is 0 Å². The van der Waals surface area contributed by atoms with Crippen molar-refractivity contribution < 1.29 is 0 Å². The number of terminal acetylenes is 1. The third kappa shape index (κ3) is 7.25. The van der Waals surface area contributed by atoms with Gasteiger partial charge in [-0.25, -0.2) is 9.97 Å². The van der Waals surface area contributed by atoms with Gasteiger partial charge < -0.3 is 0 Å². The van der Waals surface area contributed by atoms with Crippen LogP contribution in [-0.4, -0.2) is 28.5 Å². The van der Waals surface area contributed by atoms with Gasteiger partial charge in [0, 0.05) is 0 Å². The van der Waals surface area contributed by atoms with E-state index in [-0.39, 0.29) is 13.1 Å². The van der Waals surface area contributed by atoms with Gasteiger partial charge in [0.25, 0.3) is 0 Å². The SMILES string of the molecule is C#C.CC(C)C.CPc1nc2ccccc2nc1[P@@](C)C(C)(C)C. The monoisotopic (exact) mass is 362 g/mol. The van der Waals surface area contributed by atoms with Gasteiger partial charge in [-0.15, -0.1) is 12.8 Å². The summed E-state index contributed by atoms with van der Waals surface area (Å²) in [6.07, 6.45) is 8.00. The molecule has 2 atom stereocenters. The smallest absolute Gasteiger partial charge is 0.0896 e. The van der Waals surface area contributed by atoms with E-state index in [2.05, 4.69) is 73.8 Å². The molecular formula is C20H32N2P2. The minimum atomic E-state index is -0.283. The average molecular weight is 362 g/mol. The second kappa shape index (κ2) is 10.8. The van der Waals surface area contributed by atoms with Gasteiger partial charge in [0.15, 0.2) is 0 Å². The highest BCUT2D eigenvalue weighted by Crippen LogP contribution is 2.44. The first-order chi connectivity index (χ1) is 11.2. The van der Waals surface area contributed by atoms with E-state index in [0.717, 1.165) is 17.0 Å². The predicted octanol–water partition coefficient (Wildman–Crippen LogP) is 5.01. The molecular weight excluding hydrogens is 330 g/mol. The van der Waals surface area contributed by atoms with Crippen molar-refractivity contribution in [1.29, 1.82) is 0 Å². The second-order valence-electron chi connectivity index (χ2n) is 7.10. The topological polar surface area (TPSA) is 25.8 Å². The van der Waals surface area contributed by atoms with Gasteiger partial charge in [-0.05, 0) is 36.5 Å². The maximum Gasteiger partial charge on any atom is 0.0896 e. The Kier molecular flexibility index (Phi) is 10.3. The Labute approximate surface area is 151 Å². The molecule has 0 bridgehead atoms. The molecule has 0 aliphatic heterocycles. The molecule has 0 aliphatic rings. The summed E-state index contributed by atoms with van der Waals surface area (Å²) >= 11 is 0. The highest BCUT2D eigenvalue weighted by atomic mass is 31.1. The second-order valence-corrected chi connectivity index (χ2v) is 11.0. The number of aromatic nitrogens is 2. The quantitative estimate of drug-likeness (QED) is 0.554. The van der Waals surface area contributed by atoms with Crippen molar-refractivity contribution in [2.45, 2.75) is 46.7 Å². The highest BCUT2D eigenvalue weighted by Gasteiger charge is 2.25. The third-order valence-electron chi connectivity index (χ3n) is 3.11. The molecule has 1 aromatic carbocycles. The third-order valence-corrected chi connectivity index (χ3v) is 7.11. The fourth-order valence-corrected chi connectivity index (χ4v) is 4.32. The number of hydrogen-bond acceptors (Lipinski definition) is 2. The van der Waals surface area contributed by atoms with Crippen molar-refractivity contribution in [1.82, 2.24) is 9.97 Å². The molecule has 0 fully saturated rings. The van der Waals surface area contributed by atoms with Crippen LogP contribution in [0.2, 0.25) is 0 Å². The molecule has 2 aromatic rings. The van der Waals surface area contributed by atoms with Gasteiger partial charge in [-0.1, -0.05) is 70.2 Å². The van der Waals surface area contributed by atoms with Crippen molar-refractivity contribution in [3.8, 4) is 12.8 Å². The Hall–Kier alpha value is -1.02. The van der Waals surface area contributed by atoms with E-state index in [9.17, 15) is 0 Å². The summed E-state index contributed by atoms with van der Waals surface area (Å²) in [7, 11) is 0.423. The molecule has 0 amide bonds. The van der Waals surface area contributed by atoms with E-state index in [0.29, 0.717) is 8.58 Å². The Bertz CT molecular complexity index is 640. The molecule has 1 unspecified atom stereocenters. The van der Waals surface area contributed by atoms with E-state index < -0.39 is 0 Å². The normalized spacial score (nSPS) is 12.5. The van der Waals surface area contributed by atoms with E-state index >= 15 is 0 Å². The number of rotatable bonds is 2. The van der Waals surface area contributed by atoms with Crippen molar-refractivity contribution in [3.05, 3.63) is 24.3 Å². The van der Waals surface area contributed by atoms with Gasteiger partial charge in [0.2, 0.25) is 0 Å². The molecule has 0 radical (unpaired) electrons. The molecule has 0 N–H and O–H groups in total. The lowest BCUT2D eigenvalue weighted by Crippen LogP contribution is -2.31. The van der Waals surface area contributed by atoms with Crippen LogP contribution in [0.1, 0.15) is 41.5 Å². The first-order valence-electron chi connectivity index (χ1n) is 8.18. The van der Waals surface area contributed by atoms with Crippen molar-refractivity contribution in [2.24, 2.45) is 5.92 Å². The molecule has 1 aromatic heterocycles. The summed E-state index contributed by atoms with van der Waals surface area (Å²) in [6.45, 7) is 17.9. The minimum Gasteiger partial charge on any atom is -0.244 e. The number of hydrogen-bond donors (Lipinski definition) is 0. The minimum absolute atomic E-state index is 0.279. The average Bonchev–Trinajstić information content (AvgIpc) is 2.53. The summed E-state index contributed by atoms with van der Waals surface area (Å²) in [4.78, 5) is 9.68. The molecule has 2 nitrogen and oxygen atoms in total. The van der Waals surface area contributed by atoms with Gasteiger partial charge in [0.1, 0.15) is 0 Å². The number of para-hydroxylation sites is 2. The van der Waals surface area contributed by atoms with Crippen molar-refractivity contribution in [2.75, 3.05) is 13.3 Å². The molecule has 0 spiro atoms. The predicted molar refractivity (Wildman–Crippen MR) is 116 cm³/mol. The van der Waals surface area contributed by atoms with Crippen LogP contribution in [0.4, 0.5) is 0 Å². The summed E-state index contributed by atoms with van der Waals surface area (Å²) < 4.78 is 0. The van der Waals surface area contributed by atoms with Gasteiger partial charge in [0.05, 0.1) is 21.9 Å². The highest BCUT2D eigenvalue weighted by molar-refractivity contribution is 7.68.